The third-order valence-electron chi connectivity index (χ3n) is 6.91. The largest absolute Gasteiger partial charge is 0.362 e. The third kappa shape index (κ3) is 5.96. The first-order chi connectivity index (χ1) is 17.1. The summed E-state index contributed by atoms with van der Waals surface area (Å²) in [5.41, 5.74) is 3.59. The molecule has 1 aromatic heterocycles. The maximum atomic E-state index is 12.8. The molecule has 1 saturated carbocycles. The number of nitrogens with zero attached hydrogens (tertiary/aromatic N) is 3. The number of carbonyl (C=O) groups is 1. The van der Waals surface area contributed by atoms with Crippen LogP contribution in [0.3, 0.4) is 0 Å². The monoisotopic (exact) mass is 486 g/mol. The van der Waals surface area contributed by atoms with Crippen LogP contribution in [0, 0.1) is 0 Å². The van der Waals surface area contributed by atoms with E-state index < -0.39 is 5.54 Å². The van der Waals surface area contributed by atoms with Gasteiger partial charge in [-0.1, -0.05) is 42.5 Å². The van der Waals surface area contributed by atoms with E-state index in [2.05, 4.69) is 34.7 Å². The van der Waals surface area contributed by atoms with Gasteiger partial charge in [-0.25, -0.2) is 9.78 Å². The van der Waals surface area contributed by atoms with E-state index in [0.29, 0.717) is 5.95 Å². The zero-order valence-electron chi connectivity index (χ0n) is 22.1. The SMILES string of the molecule is C=C(C)c1cccc(C(C)(C)NC(=O)N[C@H]2CC[C@@H](Nc3nc(N(C)C)c4ccccc4n3)CC2)c1. The second-order valence-electron chi connectivity index (χ2n) is 10.6. The van der Waals surface area contributed by atoms with Crippen molar-refractivity contribution in [1.82, 2.24) is 20.6 Å². The Hall–Kier alpha value is -3.61. The molecule has 1 aliphatic carbocycles. The molecule has 0 radical (unpaired) electrons. The van der Waals surface area contributed by atoms with Crippen LogP contribution in [0.5, 0.6) is 0 Å². The Balaban J connectivity index is 1.32. The van der Waals surface area contributed by atoms with Gasteiger partial charge in [0.05, 0.1) is 11.1 Å². The van der Waals surface area contributed by atoms with Gasteiger partial charge in [0.25, 0.3) is 0 Å². The Morgan fingerprint density at radius 1 is 1.00 bits per heavy atom. The molecule has 0 unspecified atom stereocenters. The van der Waals surface area contributed by atoms with E-state index in [9.17, 15) is 4.79 Å². The minimum atomic E-state index is -0.494. The lowest BCUT2D eigenvalue weighted by molar-refractivity contribution is 0.221. The minimum Gasteiger partial charge on any atom is -0.362 e. The number of carbonyl (C=O) groups excluding carboxylic acids is 1. The highest BCUT2D eigenvalue weighted by molar-refractivity contribution is 5.90. The van der Waals surface area contributed by atoms with E-state index in [1.54, 1.807) is 0 Å². The molecular formula is C29H38N6O. The molecule has 1 aliphatic rings. The van der Waals surface area contributed by atoms with E-state index in [4.69, 9.17) is 9.97 Å². The van der Waals surface area contributed by atoms with Gasteiger partial charge in [0.2, 0.25) is 5.95 Å². The summed E-state index contributed by atoms with van der Waals surface area (Å²) in [6.45, 7) is 10.1. The molecule has 0 spiro atoms. The van der Waals surface area contributed by atoms with Gasteiger partial charge in [0.1, 0.15) is 5.82 Å². The number of rotatable bonds is 7. The lowest BCUT2D eigenvalue weighted by Gasteiger charge is -2.32. The second kappa shape index (κ2) is 10.6. The Morgan fingerprint density at radius 2 is 1.69 bits per heavy atom. The predicted octanol–water partition coefficient (Wildman–Crippen LogP) is 5.69. The molecule has 0 saturated heterocycles. The number of allylic oxidation sites excluding steroid dienone is 1. The molecule has 7 heteroatoms. The number of urea groups is 1. The average molecular weight is 487 g/mol. The van der Waals surface area contributed by atoms with Crippen molar-refractivity contribution in [2.75, 3.05) is 24.3 Å². The molecule has 1 heterocycles. The van der Waals surface area contributed by atoms with Gasteiger partial charge in [-0.2, -0.15) is 4.98 Å². The van der Waals surface area contributed by atoms with E-state index in [1.165, 1.54) is 0 Å². The second-order valence-corrected chi connectivity index (χ2v) is 10.6. The van der Waals surface area contributed by atoms with E-state index in [0.717, 1.165) is 59.1 Å². The van der Waals surface area contributed by atoms with Gasteiger partial charge < -0.3 is 20.9 Å². The molecule has 0 bridgehead atoms. The summed E-state index contributed by atoms with van der Waals surface area (Å²) >= 11 is 0. The van der Waals surface area contributed by atoms with Crippen molar-refractivity contribution in [3.63, 3.8) is 0 Å². The molecule has 0 atom stereocenters. The number of benzene rings is 2. The van der Waals surface area contributed by atoms with Crippen LogP contribution in [0.2, 0.25) is 0 Å². The van der Waals surface area contributed by atoms with Gasteiger partial charge in [0, 0.05) is 31.6 Å². The van der Waals surface area contributed by atoms with Crippen LogP contribution in [-0.2, 0) is 5.54 Å². The standard InChI is InChI=1S/C29H38N6O/c1-19(2)20-10-9-11-21(18-20)29(3,4)34-28(36)31-23-16-14-22(15-17-23)30-27-32-25-13-8-7-12-24(25)26(33-27)35(5)6/h7-13,18,22-23H,1,14-17H2,2-6H3,(H,30,32,33)(H2,31,34,36)/t22-,23+. The highest BCUT2D eigenvalue weighted by Crippen LogP contribution is 2.27. The van der Waals surface area contributed by atoms with Crippen LogP contribution in [0.25, 0.3) is 16.5 Å². The maximum absolute atomic E-state index is 12.8. The maximum Gasteiger partial charge on any atom is 0.315 e. The van der Waals surface area contributed by atoms with Gasteiger partial charge in [0.15, 0.2) is 0 Å². The van der Waals surface area contributed by atoms with Gasteiger partial charge in [-0.15, -0.1) is 0 Å². The molecule has 3 N–H and O–H groups in total. The molecule has 3 aromatic rings. The van der Waals surface area contributed by atoms with Crippen molar-refractivity contribution in [2.45, 2.75) is 64.1 Å². The van der Waals surface area contributed by atoms with Crippen LogP contribution in [0.15, 0.2) is 55.1 Å². The van der Waals surface area contributed by atoms with Crippen molar-refractivity contribution in [1.29, 1.82) is 0 Å². The van der Waals surface area contributed by atoms with Crippen molar-refractivity contribution < 1.29 is 4.79 Å². The third-order valence-corrected chi connectivity index (χ3v) is 6.91. The normalized spacial score (nSPS) is 17.9. The quantitative estimate of drug-likeness (QED) is 0.400. The number of amides is 2. The summed E-state index contributed by atoms with van der Waals surface area (Å²) < 4.78 is 0. The molecule has 1 fully saturated rings. The summed E-state index contributed by atoms with van der Waals surface area (Å²) in [4.78, 5) is 24.4. The zero-order valence-corrected chi connectivity index (χ0v) is 22.1. The molecule has 4 rings (SSSR count). The van der Waals surface area contributed by atoms with Gasteiger partial charge in [-0.3, -0.25) is 0 Å². The van der Waals surface area contributed by atoms with Crippen LogP contribution < -0.4 is 20.9 Å². The number of hydrogen-bond acceptors (Lipinski definition) is 5. The first-order valence-electron chi connectivity index (χ1n) is 12.7. The summed E-state index contributed by atoms with van der Waals surface area (Å²) in [7, 11) is 4.00. The fourth-order valence-corrected chi connectivity index (χ4v) is 4.78. The Labute approximate surface area is 214 Å². The minimum absolute atomic E-state index is 0.134. The Bertz CT molecular complexity index is 1240. The topological polar surface area (TPSA) is 82.2 Å². The van der Waals surface area contributed by atoms with Crippen LogP contribution in [0.4, 0.5) is 16.6 Å². The lowest BCUT2D eigenvalue weighted by atomic mass is 9.90. The summed E-state index contributed by atoms with van der Waals surface area (Å²) in [6, 6.07) is 16.6. The molecule has 36 heavy (non-hydrogen) atoms. The molecule has 2 aromatic carbocycles. The van der Waals surface area contributed by atoms with E-state index >= 15 is 0 Å². The molecular weight excluding hydrogens is 448 g/mol. The van der Waals surface area contributed by atoms with E-state index in [-0.39, 0.29) is 18.1 Å². The molecule has 190 valence electrons. The number of nitrogens with one attached hydrogen (secondary N) is 3. The fourth-order valence-electron chi connectivity index (χ4n) is 4.78. The highest BCUT2D eigenvalue weighted by atomic mass is 16.2. The number of hydrogen-bond donors (Lipinski definition) is 3. The van der Waals surface area contributed by atoms with Crippen molar-refractivity contribution in [2.24, 2.45) is 0 Å². The molecule has 0 aliphatic heterocycles. The molecule has 2 amide bonds. The van der Waals surface area contributed by atoms with Crippen molar-refractivity contribution in [3.05, 3.63) is 66.2 Å². The van der Waals surface area contributed by atoms with Gasteiger partial charge in [-0.05, 0) is 75.8 Å². The first kappa shape index (κ1) is 25.5. The highest BCUT2D eigenvalue weighted by Gasteiger charge is 2.27. The summed E-state index contributed by atoms with van der Waals surface area (Å²) in [5, 5.41) is 10.9. The lowest BCUT2D eigenvalue weighted by Crippen LogP contribution is -2.50. The number of fused-ring (bicyclic) bond motifs is 1. The number of anilines is 2. The number of aromatic nitrogens is 2. The summed E-state index contributed by atoms with van der Waals surface area (Å²) in [6.07, 6.45) is 3.71. The number of para-hydroxylation sites is 1. The van der Waals surface area contributed by atoms with Crippen LogP contribution in [-0.4, -0.2) is 42.2 Å². The van der Waals surface area contributed by atoms with Crippen molar-refractivity contribution in [3.8, 4) is 0 Å². The Kier molecular flexibility index (Phi) is 7.48. The average Bonchev–Trinajstić information content (AvgIpc) is 2.84. The first-order valence-corrected chi connectivity index (χ1v) is 12.7. The Morgan fingerprint density at radius 3 is 2.39 bits per heavy atom. The van der Waals surface area contributed by atoms with Gasteiger partial charge >= 0.3 is 6.03 Å². The fraction of sp³-hybridized carbons (Fsp3) is 0.414. The van der Waals surface area contributed by atoms with E-state index in [1.807, 2.05) is 76.2 Å². The zero-order chi connectivity index (χ0) is 25.9. The molecule has 7 nitrogen and oxygen atoms in total. The van der Waals surface area contributed by atoms with Crippen LogP contribution in [0.1, 0.15) is 57.6 Å². The van der Waals surface area contributed by atoms with Crippen molar-refractivity contribution >= 4 is 34.3 Å². The van der Waals surface area contributed by atoms with Crippen LogP contribution >= 0.6 is 0 Å². The predicted molar refractivity (Wildman–Crippen MR) is 149 cm³/mol. The summed E-state index contributed by atoms with van der Waals surface area (Å²) in [5.74, 6) is 1.57. The smallest absolute Gasteiger partial charge is 0.315 e.